The maximum Gasteiger partial charge on any atom is 0.218 e. The van der Waals surface area contributed by atoms with Crippen molar-refractivity contribution >= 4 is 35.6 Å². The fraction of sp³-hybridized carbons (Fsp3) is 0.429. The Morgan fingerprint density at radius 3 is 2.60 bits per heavy atom. The summed E-state index contributed by atoms with van der Waals surface area (Å²) in [6.07, 6.45) is 2.55. The van der Waals surface area contributed by atoms with Crippen LogP contribution in [0.5, 0.6) is 11.6 Å². The maximum atomic E-state index is 5.74. The van der Waals surface area contributed by atoms with E-state index in [2.05, 4.69) is 20.6 Å². The van der Waals surface area contributed by atoms with Crippen LogP contribution in [0.4, 0.5) is 5.69 Å². The van der Waals surface area contributed by atoms with Gasteiger partial charge in [0, 0.05) is 64.4 Å². The third-order valence-corrected chi connectivity index (χ3v) is 3.90. The maximum absolute atomic E-state index is 5.74. The first-order valence-electron chi connectivity index (χ1n) is 9.52. The van der Waals surface area contributed by atoms with E-state index in [-0.39, 0.29) is 24.0 Å². The van der Waals surface area contributed by atoms with Crippen molar-refractivity contribution in [1.29, 1.82) is 0 Å². The van der Waals surface area contributed by atoms with Crippen LogP contribution < -0.4 is 20.1 Å². The van der Waals surface area contributed by atoms with Gasteiger partial charge in [0.25, 0.3) is 0 Å². The Hall–Kier alpha value is -2.11. The molecular weight excluding hydrogens is 499 g/mol. The van der Waals surface area contributed by atoms with Gasteiger partial charge in [-0.2, -0.15) is 0 Å². The molecule has 8 nitrogen and oxygen atoms in total. The van der Waals surface area contributed by atoms with Gasteiger partial charge >= 0.3 is 0 Å². The zero-order valence-corrected chi connectivity index (χ0v) is 20.1. The van der Waals surface area contributed by atoms with Gasteiger partial charge in [-0.15, -0.1) is 24.0 Å². The topological polar surface area (TPSA) is 86.2 Å². The fourth-order valence-corrected chi connectivity index (χ4v) is 2.46. The number of methoxy groups -OCH3 is 2. The van der Waals surface area contributed by atoms with Crippen LogP contribution in [0.1, 0.15) is 12.0 Å². The van der Waals surface area contributed by atoms with E-state index in [0.717, 1.165) is 23.4 Å². The molecule has 0 unspecified atom stereocenters. The number of rotatable bonds is 12. The molecule has 166 valence electrons. The number of hydrogen-bond donors (Lipinski definition) is 2. The molecule has 0 saturated heterocycles. The molecule has 0 bridgehead atoms. The summed E-state index contributed by atoms with van der Waals surface area (Å²) < 4.78 is 21.5. The molecule has 0 atom stereocenters. The lowest BCUT2D eigenvalue weighted by Gasteiger charge is -2.15. The molecule has 1 aromatic heterocycles. The number of ether oxygens (including phenoxy) is 4. The smallest absolute Gasteiger partial charge is 0.218 e. The first-order chi connectivity index (χ1) is 14.3. The summed E-state index contributed by atoms with van der Waals surface area (Å²) in [6, 6.07) is 11.6. The molecule has 0 saturated carbocycles. The van der Waals surface area contributed by atoms with Gasteiger partial charge in [0.05, 0.1) is 13.2 Å². The van der Waals surface area contributed by atoms with Crippen molar-refractivity contribution in [3.05, 3.63) is 48.2 Å². The van der Waals surface area contributed by atoms with E-state index in [1.54, 1.807) is 27.5 Å². The molecule has 0 aliphatic rings. The van der Waals surface area contributed by atoms with Crippen LogP contribution in [0.3, 0.4) is 0 Å². The number of aliphatic imine (C=N–C) groups is 1. The Kier molecular flexibility index (Phi) is 13.6. The zero-order chi connectivity index (χ0) is 20.7. The molecule has 0 aliphatic heterocycles. The molecule has 2 aromatic rings. The standard InChI is InChI=1S/C21H30N4O4.HI/c1-22-21(24-16-17-7-5-10-23-20(17)29-14-13-27-3)25-18-8-4-9-19(15-18)28-12-6-11-26-2;/h4-5,7-10,15H,6,11-14,16H2,1-3H3,(H2,22,24,25);1H. The minimum Gasteiger partial charge on any atom is -0.493 e. The number of nitrogens with zero attached hydrogens (tertiary/aromatic N) is 2. The number of aromatic nitrogens is 1. The zero-order valence-electron chi connectivity index (χ0n) is 17.7. The summed E-state index contributed by atoms with van der Waals surface area (Å²) in [5.41, 5.74) is 1.81. The first-order valence-corrected chi connectivity index (χ1v) is 9.52. The van der Waals surface area contributed by atoms with Gasteiger partial charge in [-0.1, -0.05) is 12.1 Å². The van der Waals surface area contributed by atoms with Crippen LogP contribution in [0, 0.1) is 0 Å². The van der Waals surface area contributed by atoms with Crippen LogP contribution in [-0.2, 0) is 16.0 Å². The molecule has 9 heteroatoms. The lowest BCUT2D eigenvalue weighted by Crippen LogP contribution is -2.30. The molecule has 30 heavy (non-hydrogen) atoms. The number of benzene rings is 1. The average molecular weight is 530 g/mol. The van der Waals surface area contributed by atoms with Crippen LogP contribution in [0.25, 0.3) is 0 Å². The summed E-state index contributed by atoms with van der Waals surface area (Å²) in [4.78, 5) is 8.56. The lowest BCUT2D eigenvalue weighted by atomic mass is 10.2. The van der Waals surface area contributed by atoms with Gasteiger partial charge in [-0.05, 0) is 18.2 Å². The van der Waals surface area contributed by atoms with E-state index in [4.69, 9.17) is 18.9 Å². The third kappa shape index (κ3) is 9.59. The normalized spacial score (nSPS) is 10.8. The number of anilines is 1. The Morgan fingerprint density at radius 1 is 1.00 bits per heavy atom. The summed E-state index contributed by atoms with van der Waals surface area (Å²) in [5.74, 6) is 2.01. The SMILES string of the molecule is CN=C(NCc1cccnc1OCCOC)Nc1cccc(OCCCOC)c1.I. The average Bonchev–Trinajstić information content (AvgIpc) is 2.75. The summed E-state index contributed by atoms with van der Waals surface area (Å²) in [6.45, 7) is 2.77. The third-order valence-electron chi connectivity index (χ3n) is 3.90. The van der Waals surface area contributed by atoms with Crippen molar-refractivity contribution in [1.82, 2.24) is 10.3 Å². The highest BCUT2D eigenvalue weighted by atomic mass is 127. The Morgan fingerprint density at radius 2 is 1.83 bits per heavy atom. The van der Waals surface area contributed by atoms with Gasteiger partial charge in [-0.25, -0.2) is 4.98 Å². The predicted molar refractivity (Wildman–Crippen MR) is 129 cm³/mol. The molecule has 0 fully saturated rings. The Bertz CT molecular complexity index is 761. The summed E-state index contributed by atoms with van der Waals surface area (Å²) in [7, 11) is 5.04. The van der Waals surface area contributed by atoms with Crippen LogP contribution >= 0.6 is 24.0 Å². The molecule has 0 spiro atoms. The summed E-state index contributed by atoms with van der Waals surface area (Å²) in [5, 5.41) is 6.54. The van der Waals surface area contributed by atoms with Gasteiger partial charge in [0.2, 0.25) is 5.88 Å². The van der Waals surface area contributed by atoms with Crippen LogP contribution in [0.2, 0.25) is 0 Å². The van der Waals surface area contributed by atoms with E-state index >= 15 is 0 Å². The van der Waals surface area contributed by atoms with E-state index < -0.39 is 0 Å². The van der Waals surface area contributed by atoms with Gasteiger partial charge < -0.3 is 29.6 Å². The minimum absolute atomic E-state index is 0. The van der Waals surface area contributed by atoms with Crippen molar-refractivity contribution < 1.29 is 18.9 Å². The highest BCUT2D eigenvalue weighted by molar-refractivity contribution is 14.0. The van der Waals surface area contributed by atoms with Crippen molar-refractivity contribution in [2.75, 3.05) is 53.0 Å². The second-order valence-electron chi connectivity index (χ2n) is 6.08. The van der Waals surface area contributed by atoms with Gasteiger partial charge in [0.1, 0.15) is 12.4 Å². The van der Waals surface area contributed by atoms with E-state index in [1.807, 2.05) is 36.4 Å². The monoisotopic (exact) mass is 530 g/mol. The highest BCUT2D eigenvalue weighted by Crippen LogP contribution is 2.18. The van der Waals surface area contributed by atoms with Gasteiger partial charge in [-0.3, -0.25) is 4.99 Å². The van der Waals surface area contributed by atoms with Crippen LogP contribution in [0.15, 0.2) is 47.6 Å². The molecule has 1 aromatic carbocycles. The lowest BCUT2D eigenvalue weighted by molar-refractivity contribution is 0.143. The molecule has 0 radical (unpaired) electrons. The molecule has 0 aliphatic carbocycles. The van der Waals surface area contributed by atoms with E-state index in [1.165, 1.54) is 0 Å². The second kappa shape index (κ2) is 15.7. The quantitative estimate of drug-likeness (QED) is 0.189. The Labute approximate surface area is 195 Å². The van der Waals surface area contributed by atoms with Crippen molar-refractivity contribution in [2.45, 2.75) is 13.0 Å². The molecule has 1 heterocycles. The fourth-order valence-electron chi connectivity index (χ4n) is 2.46. The minimum atomic E-state index is 0. The number of hydrogen-bond acceptors (Lipinski definition) is 6. The van der Waals surface area contributed by atoms with Gasteiger partial charge in [0.15, 0.2) is 5.96 Å². The van der Waals surface area contributed by atoms with Crippen molar-refractivity contribution in [2.24, 2.45) is 4.99 Å². The Balaban J connectivity index is 0.00000450. The number of pyridine rings is 1. The van der Waals surface area contributed by atoms with Crippen molar-refractivity contribution in [3.8, 4) is 11.6 Å². The number of guanidine groups is 1. The molecule has 2 N–H and O–H groups in total. The molecule has 0 amide bonds. The molecule has 2 rings (SSSR count). The number of halogens is 1. The largest absolute Gasteiger partial charge is 0.493 e. The van der Waals surface area contributed by atoms with Crippen molar-refractivity contribution in [3.63, 3.8) is 0 Å². The van der Waals surface area contributed by atoms with E-state index in [0.29, 0.717) is 44.8 Å². The first kappa shape index (κ1) is 25.9. The summed E-state index contributed by atoms with van der Waals surface area (Å²) >= 11 is 0. The van der Waals surface area contributed by atoms with E-state index in [9.17, 15) is 0 Å². The molecular formula is C21H31IN4O4. The highest BCUT2D eigenvalue weighted by Gasteiger charge is 2.07. The predicted octanol–water partition coefficient (Wildman–Crippen LogP) is 3.33. The van der Waals surface area contributed by atoms with Crippen LogP contribution in [-0.4, -0.2) is 58.6 Å². The second-order valence-corrected chi connectivity index (χ2v) is 6.08. The number of nitrogens with one attached hydrogen (secondary N) is 2.